The molecular formula is C9H16N2S. The van der Waals surface area contributed by atoms with E-state index in [1.807, 2.05) is 6.92 Å². The summed E-state index contributed by atoms with van der Waals surface area (Å²) in [5, 5.41) is 3.31. The van der Waals surface area contributed by atoms with E-state index in [0.717, 1.165) is 12.2 Å². The maximum atomic E-state index is 4.41. The Morgan fingerprint density at radius 2 is 2.25 bits per heavy atom. The normalized spacial score (nSPS) is 11.5. The van der Waals surface area contributed by atoms with Crippen LogP contribution in [0.3, 0.4) is 0 Å². The highest BCUT2D eigenvalue weighted by atomic mass is 32.1. The first kappa shape index (κ1) is 9.68. The van der Waals surface area contributed by atoms with Gasteiger partial charge in [-0.15, -0.1) is 11.3 Å². The summed E-state index contributed by atoms with van der Waals surface area (Å²) in [6.45, 7) is 7.40. The van der Waals surface area contributed by atoms with E-state index in [0.29, 0.717) is 6.04 Å². The van der Waals surface area contributed by atoms with Crippen molar-refractivity contribution in [3.63, 3.8) is 0 Å². The maximum absolute atomic E-state index is 4.41. The maximum Gasteiger partial charge on any atom is 0.107 e. The van der Waals surface area contributed by atoms with Gasteiger partial charge >= 0.3 is 0 Å². The lowest BCUT2D eigenvalue weighted by Gasteiger charge is -2.19. The Balaban J connectivity index is 2.52. The minimum atomic E-state index is 0.592. The van der Waals surface area contributed by atoms with Gasteiger partial charge in [0.2, 0.25) is 0 Å². The van der Waals surface area contributed by atoms with Crippen LogP contribution in [-0.2, 0) is 6.54 Å². The first-order valence-corrected chi connectivity index (χ1v) is 5.09. The number of aromatic nitrogens is 1. The van der Waals surface area contributed by atoms with Crippen LogP contribution in [0.5, 0.6) is 0 Å². The summed E-state index contributed by atoms with van der Waals surface area (Å²) in [6, 6.07) is 0.592. The second kappa shape index (κ2) is 4.01. The van der Waals surface area contributed by atoms with Crippen LogP contribution >= 0.6 is 11.3 Å². The number of thiazole rings is 1. The molecule has 0 spiro atoms. The molecule has 0 saturated carbocycles. The van der Waals surface area contributed by atoms with Crippen LogP contribution in [-0.4, -0.2) is 23.0 Å². The minimum Gasteiger partial charge on any atom is -0.297 e. The van der Waals surface area contributed by atoms with Crippen molar-refractivity contribution >= 4 is 11.3 Å². The number of rotatable bonds is 3. The minimum absolute atomic E-state index is 0.592. The molecule has 0 N–H and O–H groups in total. The van der Waals surface area contributed by atoms with E-state index >= 15 is 0 Å². The lowest BCUT2D eigenvalue weighted by molar-refractivity contribution is 0.265. The highest BCUT2D eigenvalue weighted by Gasteiger charge is 2.06. The standard InChI is InChI=1S/C9H16N2S/c1-7(2)11(4)5-9-10-8(3)6-12-9/h6-7H,5H2,1-4H3. The van der Waals surface area contributed by atoms with Gasteiger partial charge in [-0.05, 0) is 27.8 Å². The summed E-state index contributed by atoms with van der Waals surface area (Å²) in [5.74, 6) is 0. The molecule has 1 aromatic heterocycles. The molecule has 0 saturated heterocycles. The van der Waals surface area contributed by atoms with E-state index in [2.05, 4.69) is 36.2 Å². The van der Waals surface area contributed by atoms with Gasteiger partial charge in [-0.1, -0.05) is 0 Å². The highest BCUT2D eigenvalue weighted by Crippen LogP contribution is 2.11. The molecule has 0 amide bonds. The topological polar surface area (TPSA) is 16.1 Å². The summed E-state index contributed by atoms with van der Waals surface area (Å²) >= 11 is 1.74. The third-order valence-electron chi connectivity index (χ3n) is 1.93. The van der Waals surface area contributed by atoms with Gasteiger partial charge in [-0.2, -0.15) is 0 Å². The van der Waals surface area contributed by atoms with Crippen LogP contribution in [0, 0.1) is 6.92 Å². The second-order valence-electron chi connectivity index (χ2n) is 3.39. The third-order valence-corrected chi connectivity index (χ3v) is 2.88. The molecule has 0 aliphatic heterocycles. The molecule has 0 fully saturated rings. The fraction of sp³-hybridized carbons (Fsp3) is 0.667. The number of hydrogen-bond donors (Lipinski definition) is 0. The molecule has 3 heteroatoms. The summed E-state index contributed by atoms with van der Waals surface area (Å²) in [6.07, 6.45) is 0. The first-order valence-electron chi connectivity index (χ1n) is 4.21. The van der Waals surface area contributed by atoms with Gasteiger partial charge in [0.1, 0.15) is 5.01 Å². The predicted octanol–water partition coefficient (Wildman–Crippen LogP) is 2.29. The summed E-state index contributed by atoms with van der Waals surface area (Å²) < 4.78 is 0. The quantitative estimate of drug-likeness (QED) is 0.716. The van der Waals surface area contributed by atoms with Crippen LogP contribution in [0.2, 0.25) is 0 Å². The van der Waals surface area contributed by atoms with Crippen molar-refractivity contribution in [1.29, 1.82) is 0 Å². The molecule has 0 unspecified atom stereocenters. The molecule has 68 valence electrons. The zero-order valence-electron chi connectivity index (χ0n) is 8.16. The van der Waals surface area contributed by atoms with Crippen LogP contribution in [0.4, 0.5) is 0 Å². The van der Waals surface area contributed by atoms with Crippen LogP contribution in [0.1, 0.15) is 24.5 Å². The molecule has 12 heavy (non-hydrogen) atoms. The smallest absolute Gasteiger partial charge is 0.107 e. The Labute approximate surface area is 78.2 Å². The largest absolute Gasteiger partial charge is 0.297 e. The highest BCUT2D eigenvalue weighted by molar-refractivity contribution is 7.09. The van der Waals surface area contributed by atoms with Crippen LogP contribution < -0.4 is 0 Å². The average molecular weight is 184 g/mol. The molecule has 0 aliphatic rings. The lowest BCUT2D eigenvalue weighted by Crippen LogP contribution is -2.25. The van der Waals surface area contributed by atoms with Crippen molar-refractivity contribution in [2.24, 2.45) is 0 Å². The molecule has 0 radical (unpaired) electrons. The molecule has 0 aliphatic carbocycles. The van der Waals surface area contributed by atoms with E-state index in [4.69, 9.17) is 0 Å². The fourth-order valence-electron chi connectivity index (χ4n) is 0.871. The van der Waals surface area contributed by atoms with E-state index in [9.17, 15) is 0 Å². The predicted molar refractivity (Wildman–Crippen MR) is 53.5 cm³/mol. The fourth-order valence-corrected chi connectivity index (χ4v) is 1.71. The molecule has 0 bridgehead atoms. The van der Waals surface area contributed by atoms with Crippen LogP contribution in [0.15, 0.2) is 5.38 Å². The Kier molecular flexibility index (Phi) is 3.23. The molecule has 1 heterocycles. The van der Waals surface area contributed by atoms with E-state index in [-0.39, 0.29) is 0 Å². The number of hydrogen-bond acceptors (Lipinski definition) is 3. The SMILES string of the molecule is Cc1csc(CN(C)C(C)C)n1. The van der Waals surface area contributed by atoms with Gasteiger partial charge in [0.05, 0.1) is 6.54 Å². The van der Waals surface area contributed by atoms with Crippen molar-refractivity contribution < 1.29 is 0 Å². The monoisotopic (exact) mass is 184 g/mol. The first-order chi connectivity index (χ1) is 5.59. The molecule has 0 atom stereocenters. The van der Waals surface area contributed by atoms with Crippen molar-refractivity contribution in [2.45, 2.75) is 33.4 Å². The Hall–Kier alpha value is -0.410. The summed E-state index contributed by atoms with van der Waals surface area (Å²) in [7, 11) is 2.13. The Bertz CT molecular complexity index is 242. The molecule has 1 rings (SSSR count). The van der Waals surface area contributed by atoms with Crippen molar-refractivity contribution in [3.8, 4) is 0 Å². The molecule has 1 aromatic rings. The van der Waals surface area contributed by atoms with Crippen LogP contribution in [0.25, 0.3) is 0 Å². The van der Waals surface area contributed by atoms with E-state index < -0.39 is 0 Å². The Morgan fingerprint density at radius 1 is 1.58 bits per heavy atom. The van der Waals surface area contributed by atoms with E-state index in [1.54, 1.807) is 11.3 Å². The lowest BCUT2D eigenvalue weighted by atomic mass is 10.3. The van der Waals surface area contributed by atoms with Crippen molar-refractivity contribution in [3.05, 3.63) is 16.1 Å². The van der Waals surface area contributed by atoms with E-state index in [1.165, 1.54) is 5.01 Å². The summed E-state index contributed by atoms with van der Waals surface area (Å²) in [5.41, 5.74) is 1.13. The van der Waals surface area contributed by atoms with Crippen molar-refractivity contribution in [2.75, 3.05) is 7.05 Å². The zero-order chi connectivity index (χ0) is 9.14. The third kappa shape index (κ3) is 2.57. The zero-order valence-corrected chi connectivity index (χ0v) is 8.98. The molecule has 0 aromatic carbocycles. The second-order valence-corrected chi connectivity index (χ2v) is 4.33. The van der Waals surface area contributed by atoms with Gasteiger partial charge in [-0.3, -0.25) is 4.90 Å². The number of aryl methyl sites for hydroxylation is 1. The van der Waals surface area contributed by atoms with Gasteiger partial charge in [-0.25, -0.2) is 4.98 Å². The average Bonchev–Trinajstić information content (AvgIpc) is 2.35. The van der Waals surface area contributed by atoms with Crippen molar-refractivity contribution in [1.82, 2.24) is 9.88 Å². The Morgan fingerprint density at radius 3 is 2.67 bits per heavy atom. The molecule has 2 nitrogen and oxygen atoms in total. The molecular weight excluding hydrogens is 168 g/mol. The number of nitrogens with zero attached hydrogens (tertiary/aromatic N) is 2. The summed E-state index contributed by atoms with van der Waals surface area (Å²) in [4.78, 5) is 6.70. The van der Waals surface area contributed by atoms with Gasteiger partial charge < -0.3 is 0 Å². The van der Waals surface area contributed by atoms with Gasteiger partial charge in [0.15, 0.2) is 0 Å². The van der Waals surface area contributed by atoms with Gasteiger partial charge in [0.25, 0.3) is 0 Å². The van der Waals surface area contributed by atoms with Gasteiger partial charge in [0, 0.05) is 17.1 Å².